The Morgan fingerprint density at radius 1 is 0.977 bits per heavy atom. The number of nitrogens with one attached hydrogen (secondary N) is 3. The zero-order chi connectivity index (χ0) is 31.8. The number of primary amides is 1. The van der Waals surface area contributed by atoms with E-state index in [-0.39, 0.29) is 5.71 Å². The number of methoxy groups -OCH3 is 1. The number of aliphatic imine (C=N–C) groups is 1. The van der Waals surface area contributed by atoms with E-state index in [9.17, 15) is 40.7 Å². The van der Waals surface area contributed by atoms with Crippen LogP contribution in [0.2, 0.25) is 0 Å². The number of nitrogens with two attached hydrogens (primary N) is 1. The van der Waals surface area contributed by atoms with Crippen molar-refractivity contribution in [3.8, 4) is 0 Å². The van der Waals surface area contributed by atoms with Crippen molar-refractivity contribution in [3.05, 3.63) is 59.7 Å². The first-order valence-corrected chi connectivity index (χ1v) is 13.2. The van der Waals surface area contributed by atoms with Gasteiger partial charge in [-0.3, -0.25) is 14.4 Å². The van der Waals surface area contributed by atoms with Crippen LogP contribution in [0.1, 0.15) is 36.8 Å². The summed E-state index contributed by atoms with van der Waals surface area (Å²) in [5, 5.41) is 8.04. The van der Waals surface area contributed by atoms with Crippen LogP contribution in [0.3, 0.4) is 0 Å². The molecule has 3 atom stereocenters. The third-order valence-electron chi connectivity index (χ3n) is 6.69. The van der Waals surface area contributed by atoms with Crippen LogP contribution in [0.15, 0.2) is 53.5 Å². The number of alkyl halides is 6. The first kappa shape index (κ1) is 33.4. The topological polar surface area (TPSA) is 135 Å². The van der Waals surface area contributed by atoms with E-state index in [1.165, 1.54) is 7.11 Å². The third kappa shape index (κ3) is 9.70. The lowest BCUT2D eigenvalue weighted by atomic mass is 9.83. The van der Waals surface area contributed by atoms with Gasteiger partial charge < -0.3 is 26.4 Å². The van der Waals surface area contributed by atoms with E-state index in [0.29, 0.717) is 35.7 Å². The first-order chi connectivity index (χ1) is 20.2. The summed E-state index contributed by atoms with van der Waals surface area (Å²) in [6.07, 6.45) is -16.4. The minimum Gasteiger partial charge on any atom is -0.383 e. The number of carbonyl (C=O) groups is 3. The second-order valence-corrected chi connectivity index (χ2v) is 9.81. The number of carbonyl (C=O) groups excluding carboxylic acids is 3. The van der Waals surface area contributed by atoms with Gasteiger partial charge >= 0.3 is 12.4 Å². The normalized spacial score (nSPS) is 16.7. The predicted octanol–water partition coefficient (Wildman–Crippen LogP) is 4.38. The van der Waals surface area contributed by atoms with Gasteiger partial charge in [0.2, 0.25) is 18.0 Å². The van der Waals surface area contributed by atoms with Crippen molar-refractivity contribution in [2.24, 2.45) is 22.6 Å². The Hall–Kier alpha value is -4.14. The highest BCUT2D eigenvalue weighted by atomic mass is 19.4. The summed E-state index contributed by atoms with van der Waals surface area (Å²) in [6, 6.07) is 13.6. The summed E-state index contributed by atoms with van der Waals surface area (Å²) in [5.74, 6) is -7.31. The Labute approximate surface area is 243 Å². The molecule has 0 spiro atoms. The molecule has 5 N–H and O–H groups in total. The van der Waals surface area contributed by atoms with Crippen molar-refractivity contribution in [2.45, 2.75) is 44.2 Å². The Bertz CT molecular complexity index is 1320. The molecule has 2 aromatic carbocycles. The standard InChI is InChI=1S/C28H31F6N5O4/c1-43-15-14-36-20-9-5-8-19-21(16-6-3-2-4-7-16)37-24(26(42)38-22(19)20)39-25(41)18(11-13-28(32,33)34)17(23(35)40)10-12-27(29,30)31/h2-9,17-18,24,36H,10-15H2,1H3,(H2,35,40)(H,38,42)(H,39,41)/t17-,18+,24+/m0/s1. The average Bonchev–Trinajstić information content (AvgIpc) is 3.06. The highest BCUT2D eigenvalue weighted by Crippen LogP contribution is 2.34. The van der Waals surface area contributed by atoms with Gasteiger partial charge in [0.05, 0.1) is 23.7 Å². The van der Waals surface area contributed by atoms with Crippen LogP contribution in [-0.2, 0) is 19.1 Å². The van der Waals surface area contributed by atoms with Gasteiger partial charge in [-0.05, 0) is 18.9 Å². The van der Waals surface area contributed by atoms with Crippen molar-refractivity contribution < 1.29 is 45.5 Å². The molecule has 3 amide bonds. The van der Waals surface area contributed by atoms with Crippen LogP contribution in [-0.4, -0.2) is 62.2 Å². The number of para-hydroxylation sites is 1. The number of benzodiazepines with no additional fused rings is 1. The molecule has 15 heteroatoms. The zero-order valence-electron chi connectivity index (χ0n) is 23.0. The summed E-state index contributed by atoms with van der Waals surface area (Å²) in [7, 11) is 1.51. The molecule has 43 heavy (non-hydrogen) atoms. The molecule has 0 radical (unpaired) electrons. The average molecular weight is 616 g/mol. The maximum atomic E-state index is 13.4. The number of amides is 3. The van der Waals surface area contributed by atoms with E-state index in [0.717, 1.165) is 0 Å². The van der Waals surface area contributed by atoms with Crippen LogP contribution >= 0.6 is 0 Å². The number of benzene rings is 2. The van der Waals surface area contributed by atoms with Crippen molar-refractivity contribution in [3.63, 3.8) is 0 Å². The lowest BCUT2D eigenvalue weighted by Crippen LogP contribution is -2.48. The van der Waals surface area contributed by atoms with Gasteiger partial charge in [-0.15, -0.1) is 0 Å². The molecule has 234 valence electrons. The van der Waals surface area contributed by atoms with E-state index in [2.05, 4.69) is 20.9 Å². The molecular formula is C28H31F6N5O4. The van der Waals surface area contributed by atoms with Crippen molar-refractivity contribution in [1.29, 1.82) is 0 Å². The molecule has 0 saturated carbocycles. The molecule has 0 aromatic heterocycles. The Morgan fingerprint density at radius 2 is 1.60 bits per heavy atom. The number of rotatable bonds is 13. The Morgan fingerprint density at radius 3 is 2.19 bits per heavy atom. The monoisotopic (exact) mass is 615 g/mol. The molecule has 0 unspecified atom stereocenters. The molecular weight excluding hydrogens is 584 g/mol. The lowest BCUT2D eigenvalue weighted by molar-refractivity contribution is -0.152. The summed E-state index contributed by atoms with van der Waals surface area (Å²) in [4.78, 5) is 43.3. The van der Waals surface area contributed by atoms with E-state index in [1.807, 2.05) is 0 Å². The molecule has 0 fully saturated rings. The number of halogens is 6. The molecule has 9 nitrogen and oxygen atoms in total. The van der Waals surface area contributed by atoms with Crippen LogP contribution in [0.4, 0.5) is 37.7 Å². The second kappa shape index (κ2) is 14.4. The van der Waals surface area contributed by atoms with Crippen molar-refractivity contribution in [2.75, 3.05) is 30.9 Å². The first-order valence-electron chi connectivity index (χ1n) is 13.2. The largest absolute Gasteiger partial charge is 0.389 e. The van der Waals surface area contributed by atoms with Crippen LogP contribution in [0, 0.1) is 11.8 Å². The molecule has 3 rings (SSSR count). The maximum Gasteiger partial charge on any atom is 0.389 e. The third-order valence-corrected chi connectivity index (χ3v) is 6.69. The van der Waals surface area contributed by atoms with E-state index in [1.54, 1.807) is 48.5 Å². The number of hydrogen-bond acceptors (Lipinski definition) is 6. The second-order valence-electron chi connectivity index (χ2n) is 9.81. The van der Waals surface area contributed by atoms with Crippen LogP contribution in [0.5, 0.6) is 0 Å². The van der Waals surface area contributed by atoms with Crippen LogP contribution < -0.4 is 21.7 Å². The number of ether oxygens (including phenoxy) is 1. The Kier molecular flexibility index (Phi) is 11.1. The quantitative estimate of drug-likeness (QED) is 0.196. The molecule has 0 aliphatic carbocycles. The fourth-order valence-corrected chi connectivity index (χ4v) is 4.63. The van der Waals surface area contributed by atoms with E-state index < -0.39 is 73.8 Å². The SMILES string of the molecule is COCCNc1cccc2c1NC(=O)[C@@H](NC(=O)[C@H](CCC(F)(F)F)[C@H](CCC(F)(F)F)C(N)=O)N=C2c1ccccc1. The van der Waals surface area contributed by atoms with Gasteiger partial charge in [0, 0.05) is 49.5 Å². The van der Waals surface area contributed by atoms with Gasteiger partial charge in [0.15, 0.2) is 0 Å². The van der Waals surface area contributed by atoms with Gasteiger partial charge in [0.25, 0.3) is 5.91 Å². The number of hydrogen-bond donors (Lipinski definition) is 4. The van der Waals surface area contributed by atoms with Crippen molar-refractivity contribution >= 4 is 34.8 Å². The minimum absolute atomic E-state index is 0.241. The van der Waals surface area contributed by atoms with Gasteiger partial charge in [-0.25, -0.2) is 4.99 Å². The molecule has 1 aliphatic rings. The zero-order valence-corrected chi connectivity index (χ0v) is 23.0. The summed E-state index contributed by atoms with van der Waals surface area (Å²) in [5.41, 5.74) is 7.27. The smallest absolute Gasteiger partial charge is 0.383 e. The highest BCUT2D eigenvalue weighted by molar-refractivity contribution is 6.21. The van der Waals surface area contributed by atoms with Crippen LogP contribution in [0.25, 0.3) is 0 Å². The fraction of sp³-hybridized carbons (Fsp3) is 0.429. The highest BCUT2D eigenvalue weighted by Gasteiger charge is 2.40. The minimum atomic E-state index is -4.78. The van der Waals surface area contributed by atoms with E-state index >= 15 is 0 Å². The summed E-state index contributed by atoms with van der Waals surface area (Å²) >= 11 is 0. The van der Waals surface area contributed by atoms with Gasteiger partial charge in [-0.2, -0.15) is 26.3 Å². The molecule has 1 aliphatic heterocycles. The molecule has 0 saturated heterocycles. The predicted molar refractivity (Wildman–Crippen MR) is 146 cm³/mol. The van der Waals surface area contributed by atoms with Crippen molar-refractivity contribution in [1.82, 2.24) is 5.32 Å². The number of anilines is 2. The van der Waals surface area contributed by atoms with Gasteiger partial charge in [-0.1, -0.05) is 42.5 Å². The maximum absolute atomic E-state index is 13.4. The molecule has 1 heterocycles. The molecule has 0 bridgehead atoms. The number of nitrogens with zero attached hydrogens (tertiary/aromatic N) is 1. The molecule has 2 aromatic rings. The lowest BCUT2D eigenvalue weighted by Gasteiger charge is -2.26. The van der Waals surface area contributed by atoms with E-state index in [4.69, 9.17) is 10.5 Å². The Balaban J connectivity index is 2.01. The van der Waals surface area contributed by atoms with Gasteiger partial charge in [0.1, 0.15) is 0 Å². The summed E-state index contributed by atoms with van der Waals surface area (Å²) in [6.45, 7) is 0.707. The summed E-state index contributed by atoms with van der Waals surface area (Å²) < 4.78 is 83.2. The fourth-order valence-electron chi connectivity index (χ4n) is 4.63. The number of fused-ring (bicyclic) bond motifs is 1.